The number of hydrogen-bond donors (Lipinski definition) is 3. The van der Waals surface area contributed by atoms with E-state index in [2.05, 4.69) is 10.6 Å². The lowest BCUT2D eigenvalue weighted by Gasteiger charge is -2.18. The summed E-state index contributed by atoms with van der Waals surface area (Å²) in [5.74, 6) is -0.318. The first-order valence-electron chi connectivity index (χ1n) is 6.00. The Labute approximate surface area is 111 Å². The molecule has 5 nitrogen and oxygen atoms in total. The van der Waals surface area contributed by atoms with Crippen LogP contribution < -0.4 is 10.6 Å². The predicted octanol–water partition coefficient (Wildman–Crippen LogP) is 1.19. The van der Waals surface area contributed by atoms with Crippen molar-refractivity contribution in [1.82, 2.24) is 10.6 Å². The number of carbonyl (C=O) groups is 1. The molecule has 1 aromatic rings. The summed E-state index contributed by atoms with van der Waals surface area (Å²) in [5, 5.41) is 14.0. The summed E-state index contributed by atoms with van der Waals surface area (Å²) in [4.78, 5) is 11.5. The van der Waals surface area contributed by atoms with E-state index >= 15 is 0 Å². The van der Waals surface area contributed by atoms with E-state index in [0.717, 1.165) is 5.56 Å². The lowest BCUT2D eigenvalue weighted by Crippen LogP contribution is -2.43. The Balaban J connectivity index is 2.49. The van der Waals surface area contributed by atoms with Gasteiger partial charge in [0.25, 0.3) is 0 Å². The molecule has 1 rings (SSSR count). The standard InChI is InChI=1S/C13H19FN2O3/c1-9(8-17)16-13(18)15-7-12(19-2)10-3-5-11(14)6-4-10/h3-6,9,12,17H,7-8H2,1-2H3,(H2,15,16,18)/t9-,12-/m1/s1. The number of hydrogen-bond acceptors (Lipinski definition) is 3. The van der Waals surface area contributed by atoms with Crippen molar-refractivity contribution in [2.24, 2.45) is 0 Å². The van der Waals surface area contributed by atoms with Crippen molar-refractivity contribution >= 4 is 6.03 Å². The number of methoxy groups -OCH3 is 1. The Hall–Kier alpha value is -1.66. The molecule has 0 heterocycles. The van der Waals surface area contributed by atoms with E-state index in [4.69, 9.17) is 9.84 Å². The number of aliphatic hydroxyl groups excluding tert-OH is 1. The van der Waals surface area contributed by atoms with Crippen LogP contribution in [0.15, 0.2) is 24.3 Å². The van der Waals surface area contributed by atoms with Crippen molar-refractivity contribution in [1.29, 1.82) is 0 Å². The molecule has 1 aromatic carbocycles. The SMILES string of the molecule is CO[C@H](CNC(=O)N[C@H](C)CO)c1ccc(F)cc1. The van der Waals surface area contributed by atoms with Gasteiger partial charge in [-0.05, 0) is 24.6 Å². The van der Waals surface area contributed by atoms with Gasteiger partial charge in [0.05, 0.1) is 18.8 Å². The molecule has 0 unspecified atom stereocenters. The minimum absolute atomic E-state index is 0.126. The van der Waals surface area contributed by atoms with Gasteiger partial charge in [0.1, 0.15) is 5.82 Å². The molecular formula is C13H19FN2O3. The number of nitrogens with one attached hydrogen (secondary N) is 2. The summed E-state index contributed by atoms with van der Waals surface area (Å²) >= 11 is 0. The maximum atomic E-state index is 12.8. The number of halogens is 1. The second-order valence-corrected chi connectivity index (χ2v) is 4.21. The monoisotopic (exact) mass is 270 g/mol. The topological polar surface area (TPSA) is 70.6 Å². The van der Waals surface area contributed by atoms with Crippen LogP contribution in [-0.4, -0.2) is 37.4 Å². The van der Waals surface area contributed by atoms with Crippen LogP contribution in [0, 0.1) is 5.82 Å². The maximum Gasteiger partial charge on any atom is 0.315 e. The van der Waals surface area contributed by atoms with E-state index < -0.39 is 0 Å². The molecule has 0 saturated carbocycles. The second-order valence-electron chi connectivity index (χ2n) is 4.21. The van der Waals surface area contributed by atoms with Crippen LogP contribution >= 0.6 is 0 Å². The summed E-state index contributed by atoms with van der Waals surface area (Å²) in [7, 11) is 1.52. The third-order valence-electron chi connectivity index (χ3n) is 2.63. The number of urea groups is 1. The Kier molecular flexibility index (Phi) is 6.24. The van der Waals surface area contributed by atoms with Gasteiger partial charge in [0.2, 0.25) is 0 Å². The summed E-state index contributed by atoms with van der Waals surface area (Å²) in [6, 6.07) is 5.21. The lowest BCUT2D eigenvalue weighted by atomic mass is 10.1. The molecule has 6 heteroatoms. The molecule has 0 bridgehead atoms. The molecule has 0 aliphatic rings. The zero-order valence-electron chi connectivity index (χ0n) is 11.0. The fourth-order valence-corrected chi connectivity index (χ4v) is 1.52. The van der Waals surface area contributed by atoms with Gasteiger partial charge in [0, 0.05) is 13.7 Å². The summed E-state index contributed by atoms with van der Waals surface area (Å²) in [6.07, 6.45) is -0.351. The van der Waals surface area contributed by atoms with Crippen LogP contribution in [0.5, 0.6) is 0 Å². The number of ether oxygens (including phenoxy) is 1. The van der Waals surface area contributed by atoms with Crippen LogP contribution in [0.4, 0.5) is 9.18 Å². The minimum Gasteiger partial charge on any atom is -0.394 e. The number of benzene rings is 1. The Bertz CT molecular complexity index is 397. The fourth-order valence-electron chi connectivity index (χ4n) is 1.52. The molecule has 2 amide bonds. The molecule has 19 heavy (non-hydrogen) atoms. The largest absolute Gasteiger partial charge is 0.394 e. The van der Waals surface area contributed by atoms with Crippen molar-refractivity contribution in [3.63, 3.8) is 0 Å². The highest BCUT2D eigenvalue weighted by molar-refractivity contribution is 5.74. The third-order valence-corrected chi connectivity index (χ3v) is 2.63. The second kappa shape index (κ2) is 7.70. The van der Waals surface area contributed by atoms with Crippen LogP contribution in [0.3, 0.4) is 0 Å². The molecule has 0 fully saturated rings. The van der Waals surface area contributed by atoms with Crippen molar-refractivity contribution in [3.05, 3.63) is 35.6 Å². The average Bonchev–Trinajstić information content (AvgIpc) is 2.41. The molecule has 0 radical (unpaired) electrons. The van der Waals surface area contributed by atoms with Crippen molar-refractivity contribution in [2.75, 3.05) is 20.3 Å². The van der Waals surface area contributed by atoms with Crippen molar-refractivity contribution in [3.8, 4) is 0 Å². The van der Waals surface area contributed by atoms with Crippen molar-refractivity contribution in [2.45, 2.75) is 19.1 Å². The summed E-state index contributed by atoms with van der Waals surface area (Å²) in [6.45, 7) is 1.82. The maximum absolute atomic E-state index is 12.8. The van der Waals surface area contributed by atoms with E-state index in [0.29, 0.717) is 0 Å². The molecule has 106 valence electrons. The van der Waals surface area contributed by atoms with Crippen LogP contribution in [0.1, 0.15) is 18.6 Å². The molecule has 0 aliphatic heterocycles. The summed E-state index contributed by atoms with van der Waals surface area (Å²) < 4.78 is 18.0. The quantitative estimate of drug-likeness (QED) is 0.727. The van der Waals surface area contributed by atoms with Gasteiger partial charge in [-0.15, -0.1) is 0 Å². The third kappa shape index (κ3) is 5.23. The van der Waals surface area contributed by atoms with E-state index in [1.54, 1.807) is 19.1 Å². The first-order valence-corrected chi connectivity index (χ1v) is 6.00. The van der Waals surface area contributed by atoms with Crippen molar-refractivity contribution < 1.29 is 19.0 Å². The Morgan fingerprint density at radius 1 is 1.42 bits per heavy atom. The minimum atomic E-state index is -0.384. The molecule has 0 aromatic heterocycles. The summed E-state index contributed by atoms with van der Waals surface area (Å²) in [5.41, 5.74) is 0.777. The van der Waals surface area contributed by atoms with Crippen LogP contribution in [0.25, 0.3) is 0 Å². The zero-order valence-corrected chi connectivity index (χ0v) is 11.0. The molecule has 2 atom stereocenters. The number of amides is 2. The van der Waals surface area contributed by atoms with Gasteiger partial charge >= 0.3 is 6.03 Å². The van der Waals surface area contributed by atoms with E-state index in [1.807, 2.05) is 0 Å². The fraction of sp³-hybridized carbons (Fsp3) is 0.462. The normalized spacial score (nSPS) is 13.7. The molecule has 0 spiro atoms. The first kappa shape index (κ1) is 15.4. The predicted molar refractivity (Wildman–Crippen MR) is 69.2 cm³/mol. The molecule has 0 saturated heterocycles. The van der Waals surface area contributed by atoms with Gasteiger partial charge in [-0.2, -0.15) is 0 Å². The number of aliphatic hydroxyl groups is 1. The highest BCUT2D eigenvalue weighted by Crippen LogP contribution is 2.15. The van der Waals surface area contributed by atoms with Gasteiger partial charge in [0.15, 0.2) is 0 Å². The Morgan fingerprint density at radius 3 is 2.58 bits per heavy atom. The van der Waals surface area contributed by atoms with Gasteiger partial charge in [-0.3, -0.25) is 0 Å². The highest BCUT2D eigenvalue weighted by atomic mass is 19.1. The zero-order chi connectivity index (χ0) is 14.3. The lowest BCUT2D eigenvalue weighted by molar-refractivity contribution is 0.103. The molecule has 0 aliphatic carbocycles. The molecule has 3 N–H and O–H groups in total. The number of carbonyl (C=O) groups excluding carboxylic acids is 1. The van der Waals surface area contributed by atoms with Gasteiger partial charge in [-0.1, -0.05) is 12.1 Å². The first-order chi connectivity index (χ1) is 9.06. The van der Waals surface area contributed by atoms with Crippen LogP contribution in [-0.2, 0) is 4.74 Å². The van der Waals surface area contributed by atoms with E-state index in [-0.39, 0.29) is 37.1 Å². The van der Waals surface area contributed by atoms with Gasteiger partial charge < -0.3 is 20.5 Å². The van der Waals surface area contributed by atoms with E-state index in [1.165, 1.54) is 19.2 Å². The smallest absolute Gasteiger partial charge is 0.315 e. The van der Waals surface area contributed by atoms with Crippen LogP contribution in [0.2, 0.25) is 0 Å². The van der Waals surface area contributed by atoms with E-state index in [9.17, 15) is 9.18 Å². The average molecular weight is 270 g/mol. The molecular weight excluding hydrogens is 251 g/mol. The number of rotatable bonds is 6. The highest BCUT2D eigenvalue weighted by Gasteiger charge is 2.13. The van der Waals surface area contributed by atoms with Gasteiger partial charge in [-0.25, -0.2) is 9.18 Å². The Morgan fingerprint density at radius 2 is 2.05 bits per heavy atom.